The van der Waals surface area contributed by atoms with Gasteiger partial charge in [0, 0.05) is 5.56 Å². The fraction of sp³-hybridized carbons (Fsp3) is 0.278. The van der Waals surface area contributed by atoms with E-state index in [1.54, 1.807) is 31.2 Å². The Morgan fingerprint density at radius 1 is 0.962 bits per heavy atom. The van der Waals surface area contributed by atoms with Crippen LogP contribution in [0.2, 0.25) is 0 Å². The lowest BCUT2D eigenvalue weighted by molar-refractivity contribution is -0.121. The maximum atomic E-state index is 13.6. The highest BCUT2D eigenvalue weighted by atomic mass is 19.2. The molecule has 0 heterocycles. The normalized spacial score (nSPS) is 12.0. The number of rotatable bonds is 6. The number of carbonyl (C=O) groups is 1. The molecule has 1 atom stereocenters. The quantitative estimate of drug-likeness (QED) is 0.468. The molecule has 1 unspecified atom stereocenters. The van der Waals surface area contributed by atoms with E-state index in [-0.39, 0.29) is 0 Å². The van der Waals surface area contributed by atoms with E-state index in [0.717, 1.165) is 0 Å². The molecule has 0 saturated carbocycles. The molecule has 0 aliphatic carbocycles. The van der Waals surface area contributed by atoms with Crippen LogP contribution in [0.1, 0.15) is 31.0 Å². The molecule has 3 nitrogen and oxygen atoms in total. The molecule has 0 aliphatic rings. The number of hydrogen-bond donors (Lipinski definition) is 1. The fourth-order valence-corrected chi connectivity index (χ4v) is 2.36. The van der Waals surface area contributed by atoms with Crippen LogP contribution >= 0.6 is 0 Å². The second-order valence-electron chi connectivity index (χ2n) is 5.52. The minimum atomic E-state index is -2.26. The van der Waals surface area contributed by atoms with Crippen molar-refractivity contribution >= 4 is 5.91 Å². The van der Waals surface area contributed by atoms with Crippen LogP contribution in [0.15, 0.2) is 24.3 Å². The summed E-state index contributed by atoms with van der Waals surface area (Å²) in [5, 5.41) is 2.45. The van der Waals surface area contributed by atoms with E-state index in [1.807, 2.05) is 6.92 Å². The molecule has 0 spiro atoms. The smallest absolute Gasteiger partial charge is 0.225 e. The highest BCUT2D eigenvalue weighted by molar-refractivity contribution is 5.79. The zero-order valence-corrected chi connectivity index (χ0v) is 14.0. The first-order valence-electron chi connectivity index (χ1n) is 7.78. The number of hydrogen-bond acceptors (Lipinski definition) is 2. The Bertz CT molecular complexity index is 779. The first kappa shape index (κ1) is 19.7. The van der Waals surface area contributed by atoms with Gasteiger partial charge in [-0.3, -0.25) is 4.79 Å². The predicted octanol–water partition coefficient (Wildman–Crippen LogP) is 4.20. The van der Waals surface area contributed by atoms with Gasteiger partial charge in [0.1, 0.15) is 5.75 Å². The molecular weight excluding hydrogens is 357 g/mol. The molecule has 2 rings (SSSR count). The summed E-state index contributed by atoms with van der Waals surface area (Å²) in [6.07, 6.45) is -0.979. The van der Waals surface area contributed by atoms with Gasteiger partial charge in [0.05, 0.1) is 19.1 Å². The molecule has 0 aromatic heterocycles. The predicted molar refractivity (Wildman–Crippen MR) is 84.1 cm³/mol. The van der Waals surface area contributed by atoms with Crippen molar-refractivity contribution in [1.29, 1.82) is 0 Å². The van der Waals surface area contributed by atoms with Crippen LogP contribution in [0.4, 0.5) is 22.0 Å². The summed E-state index contributed by atoms with van der Waals surface area (Å²) < 4.78 is 71.9. The Hall–Kier alpha value is -2.64. The van der Waals surface area contributed by atoms with Gasteiger partial charge in [-0.1, -0.05) is 12.1 Å². The molecule has 0 aliphatic heterocycles. The molecule has 0 bridgehead atoms. The number of halogens is 5. The molecule has 1 N–H and O–H groups in total. The average molecular weight is 373 g/mol. The van der Waals surface area contributed by atoms with Gasteiger partial charge in [0.2, 0.25) is 11.7 Å². The summed E-state index contributed by atoms with van der Waals surface area (Å²) in [5.74, 6) is -10.7. The highest BCUT2D eigenvalue weighted by Crippen LogP contribution is 2.24. The number of carbonyl (C=O) groups excluding carboxylic acids is 1. The maximum absolute atomic E-state index is 13.6. The zero-order chi connectivity index (χ0) is 19.4. The Kier molecular flexibility index (Phi) is 6.18. The standard InChI is InChI=1S/C18H16F5NO2/c1-3-26-11-6-4-10(5-7-11)9(2)24-13(25)8-12-14(19)16(21)18(23)17(22)15(12)20/h4-7,9H,3,8H2,1-2H3,(H,24,25). The first-order valence-corrected chi connectivity index (χ1v) is 7.78. The summed E-state index contributed by atoms with van der Waals surface area (Å²) in [6.45, 7) is 3.94. The van der Waals surface area contributed by atoms with Crippen LogP contribution in [0.5, 0.6) is 5.75 Å². The first-order chi connectivity index (χ1) is 12.3. The average Bonchev–Trinajstić information content (AvgIpc) is 2.63. The van der Waals surface area contributed by atoms with E-state index in [9.17, 15) is 26.7 Å². The lowest BCUT2D eigenvalue weighted by atomic mass is 10.1. The van der Waals surface area contributed by atoms with Gasteiger partial charge in [0.25, 0.3) is 0 Å². The van der Waals surface area contributed by atoms with Crippen LogP contribution in [0, 0.1) is 29.1 Å². The van der Waals surface area contributed by atoms with Crippen molar-refractivity contribution in [3.63, 3.8) is 0 Å². The minimum Gasteiger partial charge on any atom is -0.494 e. The van der Waals surface area contributed by atoms with Gasteiger partial charge in [0.15, 0.2) is 23.3 Å². The Morgan fingerprint density at radius 3 is 1.96 bits per heavy atom. The molecule has 0 radical (unpaired) electrons. The van der Waals surface area contributed by atoms with E-state index in [4.69, 9.17) is 4.74 Å². The summed E-state index contributed by atoms with van der Waals surface area (Å²) in [4.78, 5) is 12.0. The molecule has 140 valence electrons. The van der Waals surface area contributed by atoms with Crippen molar-refractivity contribution in [2.24, 2.45) is 0 Å². The van der Waals surface area contributed by atoms with Gasteiger partial charge in [-0.15, -0.1) is 0 Å². The Balaban J connectivity index is 2.11. The summed E-state index contributed by atoms with van der Waals surface area (Å²) in [7, 11) is 0. The van der Waals surface area contributed by atoms with E-state index in [1.165, 1.54) is 0 Å². The molecule has 2 aromatic carbocycles. The summed E-state index contributed by atoms with van der Waals surface area (Å²) in [5.41, 5.74) is -0.489. The number of amides is 1. The number of nitrogens with one attached hydrogen (secondary N) is 1. The lowest BCUT2D eigenvalue weighted by Gasteiger charge is -2.15. The SMILES string of the molecule is CCOc1ccc(C(C)NC(=O)Cc2c(F)c(F)c(F)c(F)c2F)cc1. The number of benzene rings is 2. The van der Waals surface area contributed by atoms with Crippen molar-refractivity contribution in [2.45, 2.75) is 26.3 Å². The van der Waals surface area contributed by atoms with Crippen molar-refractivity contribution in [3.8, 4) is 5.75 Å². The molecular formula is C18H16F5NO2. The maximum Gasteiger partial charge on any atom is 0.225 e. The van der Waals surface area contributed by atoms with Crippen LogP contribution in [-0.2, 0) is 11.2 Å². The van der Waals surface area contributed by atoms with Gasteiger partial charge in [-0.25, -0.2) is 22.0 Å². The van der Waals surface area contributed by atoms with Gasteiger partial charge in [-0.2, -0.15) is 0 Å². The molecule has 8 heteroatoms. The van der Waals surface area contributed by atoms with E-state index >= 15 is 0 Å². The molecule has 0 fully saturated rings. The Labute approximate surface area is 146 Å². The molecule has 1 amide bonds. The highest BCUT2D eigenvalue weighted by Gasteiger charge is 2.27. The number of ether oxygens (including phenoxy) is 1. The summed E-state index contributed by atoms with van der Waals surface area (Å²) >= 11 is 0. The third-order valence-electron chi connectivity index (χ3n) is 3.71. The molecule has 26 heavy (non-hydrogen) atoms. The van der Waals surface area contributed by atoms with Crippen molar-refractivity contribution in [2.75, 3.05) is 6.61 Å². The largest absolute Gasteiger partial charge is 0.494 e. The zero-order valence-electron chi connectivity index (χ0n) is 14.0. The van der Waals surface area contributed by atoms with Crippen molar-refractivity contribution < 1.29 is 31.5 Å². The molecule has 2 aromatic rings. The second-order valence-corrected chi connectivity index (χ2v) is 5.52. The third-order valence-corrected chi connectivity index (χ3v) is 3.71. The molecule has 0 saturated heterocycles. The van der Waals surface area contributed by atoms with Crippen molar-refractivity contribution in [1.82, 2.24) is 5.32 Å². The summed E-state index contributed by atoms with van der Waals surface area (Å²) in [6, 6.07) is 6.21. The van der Waals surface area contributed by atoms with Gasteiger partial charge in [-0.05, 0) is 31.5 Å². The van der Waals surface area contributed by atoms with Crippen LogP contribution in [0.3, 0.4) is 0 Å². The fourth-order valence-electron chi connectivity index (χ4n) is 2.36. The van der Waals surface area contributed by atoms with E-state index < -0.39 is 53.0 Å². The minimum absolute atomic E-state index is 0.494. The van der Waals surface area contributed by atoms with Crippen LogP contribution in [0.25, 0.3) is 0 Å². The van der Waals surface area contributed by atoms with E-state index in [0.29, 0.717) is 17.9 Å². The Morgan fingerprint density at radius 2 is 1.46 bits per heavy atom. The van der Waals surface area contributed by atoms with Gasteiger partial charge < -0.3 is 10.1 Å². The van der Waals surface area contributed by atoms with Crippen LogP contribution in [-0.4, -0.2) is 12.5 Å². The van der Waals surface area contributed by atoms with E-state index in [2.05, 4.69) is 5.32 Å². The van der Waals surface area contributed by atoms with Crippen molar-refractivity contribution in [3.05, 3.63) is 64.5 Å². The van der Waals surface area contributed by atoms with Gasteiger partial charge >= 0.3 is 0 Å². The second kappa shape index (κ2) is 8.16. The third kappa shape index (κ3) is 4.12. The topological polar surface area (TPSA) is 38.3 Å². The monoisotopic (exact) mass is 373 g/mol. The lowest BCUT2D eigenvalue weighted by Crippen LogP contribution is -2.29. The van der Waals surface area contributed by atoms with Crippen LogP contribution < -0.4 is 10.1 Å².